The van der Waals surface area contributed by atoms with Gasteiger partial charge in [-0.25, -0.2) is 9.69 Å². The van der Waals surface area contributed by atoms with Gasteiger partial charge in [0.05, 0.1) is 0 Å². The lowest BCUT2D eigenvalue weighted by Crippen LogP contribution is -2.50. The van der Waals surface area contributed by atoms with Crippen molar-refractivity contribution in [2.75, 3.05) is 7.05 Å². The molecular formula is C28H21NO2. The van der Waals surface area contributed by atoms with Gasteiger partial charge in [-0.1, -0.05) is 109 Å². The SMILES string of the molecule is CN1C2(OC(=O)C1(c1ccccc1)c1ccccc1)c1ccccc1-c1ccccc12. The summed E-state index contributed by atoms with van der Waals surface area (Å²) in [4.78, 5) is 16.1. The highest BCUT2D eigenvalue weighted by Crippen LogP contribution is 2.59. The molecule has 0 saturated carbocycles. The van der Waals surface area contributed by atoms with E-state index in [1.807, 2.05) is 92.0 Å². The van der Waals surface area contributed by atoms with E-state index in [4.69, 9.17) is 4.74 Å². The van der Waals surface area contributed by atoms with E-state index in [0.717, 1.165) is 33.4 Å². The van der Waals surface area contributed by atoms with Gasteiger partial charge in [0.1, 0.15) is 0 Å². The largest absolute Gasteiger partial charge is 0.433 e. The predicted octanol–water partition coefficient (Wildman–Crippen LogP) is 5.30. The van der Waals surface area contributed by atoms with Crippen molar-refractivity contribution in [3.63, 3.8) is 0 Å². The van der Waals surface area contributed by atoms with E-state index in [1.165, 1.54) is 0 Å². The number of carbonyl (C=O) groups excluding carboxylic acids is 1. The lowest BCUT2D eigenvalue weighted by atomic mass is 9.80. The molecule has 1 aliphatic heterocycles. The monoisotopic (exact) mass is 403 g/mol. The molecule has 3 nitrogen and oxygen atoms in total. The van der Waals surface area contributed by atoms with E-state index in [1.54, 1.807) is 0 Å². The number of likely N-dealkylation sites (N-methyl/N-ethyl adjacent to an activating group) is 1. The van der Waals surface area contributed by atoms with Gasteiger partial charge in [-0.3, -0.25) is 0 Å². The zero-order valence-electron chi connectivity index (χ0n) is 17.2. The van der Waals surface area contributed by atoms with Crippen molar-refractivity contribution in [1.82, 2.24) is 4.90 Å². The number of rotatable bonds is 2. The number of hydrogen-bond acceptors (Lipinski definition) is 3. The molecule has 1 saturated heterocycles. The fraction of sp³-hybridized carbons (Fsp3) is 0.107. The first-order valence-electron chi connectivity index (χ1n) is 10.5. The molecule has 0 N–H and O–H groups in total. The summed E-state index contributed by atoms with van der Waals surface area (Å²) in [7, 11) is 2.00. The van der Waals surface area contributed by atoms with Crippen LogP contribution in [0.1, 0.15) is 22.3 Å². The Bertz CT molecular complexity index is 1210. The second kappa shape index (κ2) is 6.40. The van der Waals surface area contributed by atoms with Crippen LogP contribution in [0, 0.1) is 0 Å². The zero-order valence-corrected chi connectivity index (χ0v) is 17.2. The fourth-order valence-corrected chi connectivity index (χ4v) is 5.44. The topological polar surface area (TPSA) is 29.5 Å². The van der Waals surface area contributed by atoms with Crippen molar-refractivity contribution in [2.45, 2.75) is 11.3 Å². The van der Waals surface area contributed by atoms with Crippen molar-refractivity contribution in [3.8, 4) is 11.1 Å². The van der Waals surface area contributed by atoms with Crippen molar-refractivity contribution in [1.29, 1.82) is 0 Å². The molecule has 0 unspecified atom stereocenters. The van der Waals surface area contributed by atoms with E-state index in [9.17, 15) is 4.79 Å². The Kier molecular flexibility index (Phi) is 3.74. The Morgan fingerprint density at radius 3 is 1.52 bits per heavy atom. The Labute approximate surface area is 181 Å². The van der Waals surface area contributed by atoms with Crippen molar-refractivity contribution >= 4 is 5.97 Å². The summed E-state index contributed by atoms with van der Waals surface area (Å²) in [6.07, 6.45) is 0. The Hall–Kier alpha value is -3.69. The molecule has 0 radical (unpaired) electrons. The number of hydrogen-bond donors (Lipinski definition) is 0. The molecule has 2 aliphatic rings. The van der Waals surface area contributed by atoms with Gasteiger partial charge in [0.25, 0.3) is 0 Å². The highest BCUT2D eigenvalue weighted by molar-refractivity contribution is 5.93. The first-order valence-corrected chi connectivity index (χ1v) is 10.5. The van der Waals surface area contributed by atoms with Crippen LogP contribution in [0.2, 0.25) is 0 Å². The third kappa shape index (κ3) is 2.14. The van der Waals surface area contributed by atoms with Gasteiger partial charge in [0.2, 0.25) is 5.72 Å². The molecule has 31 heavy (non-hydrogen) atoms. The summed E-state index contributed by atoms with van der Waals surface area (Å²) in [5, 5.41) is 0. The predicted molar refractivity (Wildman–Crippen MR) is 120 cm³/mol. The standard InChI is InChI=1S/C28H21NO2/c1-29-27(20-12-4-2-5-13-20,21-14-6-3-7-15-21)26(30)31-28(29)24-18-10-8-16-22(24)23-17-9-11-19-25(23)28/h2-19H,1H3. The maximum Gasteiger partial charge on any atom is 0.338 e. The maximum atomic E-state index is 14.0. The van der Waals surface area contributed by atoms with Crippen LogP contribution in [0.4, 0.5) is 0 Å². The van der Waals surface area contributed by atoms with Crippen LogP contribution in [0.3, 0.4) is 0 Å². The summed E-state index contributed by atoms with van der Waals surface area (Å²) in [5.41, 5.74) is 3.95. The molecule has 0 bridgehead atoms. The Morgan fingerprint density at radius 1 is 0.613 bits per heavy atom. The second-order valence-corrected chi connectivity index (χ2v) is 8.13. The van der Waals surface area contributed by atoms with Gasteiger partial charge >= 0.3 is 5.97 Å². The molecule has 3 heteroatoms. The minimum atomic E-state index is -1.06. The van der Waals surface area contributed by atoms with Crippen LogP contribution in [-0.4, -0.2) is 17.9 Å². The third-order valence-corrected chi connectivity index (χ3v) is 6.77. The molecular weight excluding hydrogens is 382 g/mol. The number of carbonyl (C=O) groups is 1. The lowest BCUT2D eigenvalue weighted by Gasteiger charge is -2.39. The lowest BCUT2D eigenvalue weighted by molar-refractivity contribution is -0.150. The van der Waals surface area contributed by atoms with E-state index in [0.29, 0.717) is 0 Å². The van der Waals surface area contributed by atoms with Gasteiger partial charge in [0.15, 0.2) is 5.54 Å². The minimum Gasteiger partial charge on any atom is -0.433 e. The number of nitrogens with zero attached hydrogens (tertiary/aromatic N) is 1. The zero-order chi connectivity index (χ0) is 21.1. The van der Waals surface area contributed by atoms with Gasteiger partial charge in [-0.15, -0.1) is 0 Å². The van der Waals surface area contributed by atoms with Crippen LogP contribution in [0.25, 0.3) is 11.1 Å². The average Bonchev–Trinajstić information content (AvgIpc) is 3.25. The number of fused-ring (bicyclic) bond motifs is 5. The van der Waals surface area contributed by atoms with Crippen molar-refractivity contribution in [2.24, 2.45) is 0 Å². The van der Waals surface area contributed by atoms with Gasteiger partial charge in [-0.05, 0) is 29.3 Å². The summed E-state index contributed by atoms with van der Waals surface area (Å²) >= 11 is 0. The van der Waals surface area contributed by atoms with Crippen molar-refractivity contribution < 1.29 is 9.53 Å². The summed E-state index contributed by atoms with van der Waals surface area (Å²) in [6, 6.07) is 36.3. The van der Waals surface area contributed by atoms with Crippen LogP contribution < -0.4 is 0 Å². The maximum absolute atomic E-state index is 14.0. The molecule has 1 fully saturated rings. The molecule has 0 aromatic heterocycles. The molecule has 0 amide bonds. The number of esters is 1. The quantitative estimate of drug-likeness (QED) is 0.425. The molecule has 1 heterocycles. The van der Waals surface area contributed by atoms with E-state index < -0.39 is 11.3 Å². The normalized spacial score (nSPS) is 17.9. The highest BCUT2D eigenvalue weighted by Gasteiger charge is 2.66. The van der Waals surface area contributed by atoms with E-state index in [-0.39, 0.29) is 5.97 Å². The van der Waals surface area contributed by atoms with Crippen LogP contribution in [0.5, 0.6) is 0 Å². The molecule has 4 aromatic carbocycles. The minimum absolute atomic E-state index is 0.265. The van der Waals surface area contributed by atoms with Crippen LogP contribution >= 0.6 is 0 Å². The van der Waals surface area contributed by atoms with E-state index in [2.05, 4.69) is 29.2 Å². The molecule has 6 rings (SSSR count). The first kappa shape index (κ1) is 18.1. The molecule has 1 spiro atoms. The van der Waals surface area contributed by atoms with Gasteiger partial charge < -0.3 is 4.74 Å². The second-order valence-electron chi connectivity index (χ2n) is 8.13. The average molecular weight is 403 g/mol. The molecule has 1 aliphatic carbocycles. The van der Waals surface area contributed by atoms with E-state index >= 15 is 0 Å². The molecule has 150 valence electrons. The third-order valence-electron chi connectivity index (χ3n) is 6.77. The summed E-state index contributed by atoms with van der Waals surface area (Å²) < 4.78 is 6.49. The molecule has 4 aromatic rings. The summed E-state index contributed by atoms with van der Waals surface area (Å²) in [5.74, 6) is -0.265. The Balaban J connectivity index is 1.70. The number of benzene rings is 4. The smallest absolute Gasteiger partial charge is 0.338 e. The first-order chi connectivity index (χ1) is 15.2. The highest BCUT2D eigenvalue weighted by atomic mass is 16.6. The Morgan fingerprint density at radius 2 is 1.03 bits per heavy atom. The number of ether oxygens (including phenoxy) is 1. The fourth-order valence-electron chi connectivity index (χ4n) is 5.44. The van der Waals surface area contributed by atoms with Crippen molar-refractivity contribution in [3.05, 3.63) is 131 Å². The van der Waals surface area contributed by atoms with Crippen LogP contribution in [0.15, 0.2) is 109 Å². The van der Waals surface area contributed by atoms with Gasteiger partial charge in [0, 0.05) is 11.1 Å². The van der Waals surface area contributed by atoms with Crippen LogP contribution in [-0.2, 0) is 20.8 Å². The summed E-state index contributed by atoms with van der Waals surface area (Å²) in [6.45, 7) is 0. The van der Waals surface area contributed by atoms with Gasteiger partial charge in [-0.2, -0.15) is 0 Å². The molecule has 0 atom stereocenters.